The Morgan fingerprint density at radius 2 is 1.81 bits per heavy atom. The number of amides is 1. The Bertz CT molecular complexity index is 809. The van der Waals surface area contributed by atoms with Crippen molar-refractivity contribution in [2.45, 2.75) is 0 Å². The van der Waals surface area contributed by atoms with Crippen LogP contribution in [0, 0.1) is 0 Å². The molecule has 0 atom stereocenters. The van der Waals surface area contributed by atoms with E-state index < -0.39 is 0 Å². The van der Waals surface area contributed by atoms with E-state index in [2.05, 4.69) is 10.3 Å². The molecule has 0 saturated heterocycles. The Hall–Kier alpha value is -2.17. The molecule has 0 aliphatic carbocycles. The molecule has 6 heteroatoms. The molecule has 0 bridgehead atoms. The minimum absolute atomic E-state index is 0.295. The fourth-order valence-electron chi connectivity index (χ4n) is 2.06. The summed E-state index contributed by atoms with van der Waals surface area (Å²) < 4.78 is 0. The molecule has 0 aliphatic rings. The van der Waals surface area contributed by atoms with Gasteiger partial charge in [-0.05, 0) is 24.3 Å². The van der Waals surface area contributed by atoms with Crippen molar-refractivity contribution in [3.8, 4) is 0 Å². The van der Waals surface area contributed by atoms with Crippen LogP contribution in [-0.2, 0) is 0 Å². The molecule has 0 aliphatic heterocycles. The largest absolute Gasteiger partial charge is 0.397 e. The summed E-state index contributed by atoms with van der Waals surface area (Å²) in [6, 6.07) is 12.4. The van der Waals surface area contributed by atoms with Gasteiger partial charge in [0.2, 0.25) is 0 Å². The number of hydrogen-bond donors (Lipinski definition) is 3. The second-order valence-corrected chi connectivity index (χ2v) is 5.39. The monoisotopic (exact) mass is 319 g/mol. The number of nitrogens with one attached hydrogen (secondary N) is 2. The van der Waals surface area contributed by atoms with Gasteiger partial charge >= 0.3 is 0 Å². The lowest BCUT2D eigenvalue weighted by molar-refractivity contribution is 0.102. The van der Waals surface area contributed by atoms with Gasteiger partial charge in [0.25, 0.3) is 5.91 Å². The van der Waals surface area contributed by atoms with Gasteiger partial charge in [0.1, 0.15) is 5.69 Å². The Labute approximate surface area is 130 Å². The number of fused-ring (bicyclic) bond motifs is 1. The zero-order valence-corrected chi connectivity index (χ0v) is 12.3. The molecule has 3 aromatic rings. The van der Waals surface area contributed by atoms with E-state index in [1.54, 1.807) is 6.07 Å². The molecule has 4 N–H and O–H groups in total. The van der Waals surface area contributed by atoms with E-state index in [-0.39, 0.29) is 5.91 Å². The van der Waals surface area contributed by atoms with E-state index in [1.807, 2.05) is 24.3 Å². The van der Waals surface area contributed by atoms with E-state index in [4.69, 9.17) is 28.9 Å². The van der Waals surface area contributed by atoms with Crippen molar-refractivity contribution >= 4 is 51.4 Å². The second-order valence-electron chi connectivity index (χ2n) is 4.58. The number of nitrogen functional groups attached to an aromatic ring is 1. The molecule has 0 radical (unpaired) electrons. The Morgan fingerprint density at radius 1 is 1.10 bits per heavy atom. The van der Waals surface area contributed by atoms with Crippen LogP contribution in [0.1, 0.15) is 10.5 Å². The van der Waals surface area contributed by atoms with Crippen molar-refractivity contribution in [1.29, 1.82) is 0 Å². The third-order valence-corrected chi connectivity index (χ3v) is 3.84. The normalized spacial score (nSPS) is 10.8. The van der Waals surface area contributed by atoms with Crippen LogP contribution < -0.4 is 11.1 Å². The first-order valence-electron chi connectivity index (χ1n) is 6.18. The number of halogens is 2. The van der Waals surface area contributed by atoms with Crippen LogP contribution in [0.5, 0.6) is 0 Å². The number of nitrogens with two attached hydrogens (primary N) is 1. The highest BCUT2D eigenvalue weighted by molar-refractivity contribution is 6.42. The van der Waals surface area contributed by atoms with Crippen LogP contribution in [-0.4, -0.2) is 10.9 Å². The van der Waals surface area contributed by atoms with Gasteiger partial charge in [0, 0.05) is 10.9 Å². The zero-order valence-electron chi connectivity index (χ0n) is 10.8. The van der Waals surface area contributed by atoms with Gasteiger partial charge in [-0.1, -0.05) is 41.4 Å². The number of anilines is 2. The van der Waals surface area contributed by atoms with Gasteiger partial charge in [0.05, 0.1) is 21.4 Å². The van der Waals surface area contributed by atoms with Crippen LogP contribution in [0.3, 0.4) is 0 Å². The summed E-state index contributed by atoms with van der Waals surface area (Å²) in [6.07, 6.45) is 0. The number of H-pyrrole nitrogens is 1. The van der Waals surface area contributed by atoms with Crippen LogP contribution in [0.15, 0.2) is 42.5 Å². The van der Waals surface area contributed by atoms with E-state index >= 15 is 0 Å². The van der Waals surface area contributed by atoms with E-state index in [1.165, 1.54) is 12.1 Å². The summed E-state index contributed by atoms with van der Waals surface area (Å²) in [5, 5.41) is 4.36. The fourth-order valence-corrected chi connectivity index (χ4v) is 2.39. The predicted molar refractivity (Wildman–Crippen MR) is 87.1 cm³/mol. The number of benzene rings is 2. The minimum atomic E-state index is -0.295. The first-order valence-corrected chi connectivity index (χ1v) is 6.94. The smallest absolute Gasteiger partial charge is 0.272 e. The first-order chi connectivity index (χ1) is 10.0. The van der Waals surface area contributed by atoms with Crippen molar-refractivity contribution in [2.24, 2.45) is 0 Å². The van der Waals surface area contributed by atoms with Crippen molar-refractivity contribution in [2.75, 3.05) is 11.1 Å². The first kappa shape index (κ1) is 13.8. The molecular formula is C15H11Cl2N3O. The van der Waals surface area contributed by atoms with Gasteiger partial charge in [-0.2, -0.15) is 0 Å². The third-order valence-electron chi connectivity index (χ3n) is 3.12. The Balaban J connectivity index is 1.91. The van der Waals surface area contributed by atoms with Crippen molar-refractivity contribution in [1.82, 2.24) is 4.98 Å². The van der Waals surface area contributed by atoms with E-state index in [0.717, 1.165) is 10.9 Å². The quantitative estimate of drug-likeness (QED) is 0.616. The molecule has 1 aromatic heterocycles. The molecule has 3 rings (SSSR count). The average molecular weight is 320 g/mol. The Kier molecular flexibility index (Phi) is 3.49. The van der Waals surface area contributed by atoms with Gasteiger partial charge in [-0.15, -0.1) is 0 Å². The molecule has 2 aromatic carbocycles. The lowest BCUT2D eigenvalue weighted by Gasteiger charge is -2.08. The minimum Gasteiger partial charge on any atom is -0.397 e. The molecule has 0 unspecified atom stereocenters. The summed E-state index contributed by atoms with van der Waals surface area (Å²) in [6.45, 7) is 0. The number of hydrogen-bond acceptors (Lipinski definition) is 2. The van der Waals surface area contributed by atoms with Gasteiger partial charge in [-0.25, -0.2) is 0 Å². The highest BCUT2D eigenvalue weighted by Crippen LogP contribution is 2.31. The molecule has 1 heterocycles. The average Bonchev–Trinajstić information content (AvgIpc) is 2.88. The zero-order chi connectivity index (χ0) is 15.0. The molecule has 106 valence electrons. The third kappa shape index (κ3) is 2.68. The second kappa shape index (κ2) is 5.31. The summed E-state index contributed by atoms with van der Waals surface area (Å²) in [5.74, 6) is -0.295. The number of carbonyl (C=O) groups is 1. The maximum absolute atomic E-state index is 12.3. The highest BCUT2D eigenvalue weighted by atomic mass is 35.5. The number of aromatic amines is 1. The predicted octanol–water partition coefficient (Wildman–Crippen LogP) is 4.31. The van der Waals surface area contributed by atoms with E-state index in [0.29, 0.717) is 27.1 Å². The SMILES string of the molecule is Nc1cc(Cl)c(Cl)cc1NC(=O)c1cc2ccccc2[nH]1. The molecule has 21 heavy (non-hydrogen) atoms. The maximum atomic E-state index is 12.3. The van der Waals surface area contributed by atoms with Gasteiger partial charge in [-0.3, -0.25) is 4.79 Å². The maximum Gasteiger partial charge on any atom is 0.272 e. The summed E-state index contributed by atoms with van der Waals surface area (Å²) in [4.78, 5) is 15.3. The summed E-state index contributed by atoms with van der Waals surface area (Å²) in [5.41, 5.74) is 7.94. The van der Waals surface area contributed by atoms with Gasteiger partial charge < -0.3 is 16.0 Å². The lowest BCUT2D eigenvalue weighted by Crippen LogP contribution is -2.13. The Morgan fingerprint density at radius 3 is 2.57 bits per heavy atom. The van der Waals surface area contributed by atoms with Crippen molar-refractivity contribution < 1.29 is 4.79 Å². The molecular weight excluding hydrogens is 309 g/mol. The molecule has 0 saturated carbocycles. The standard InChI is InChI=1S/C15H11Cl2N3O/c16-9-6-11(18)13(7-10(9)17)20-15(21)14-5-8-3-1-2-4-12(8)19-14/h1-7,19H,18H2,(H,20,21). The molecule has 1 amide bonds. The number of para-hydroxylation sites is 1. The molecule has 0 spiro atoms. The molecule has 4 nitrogen and oxygen atoms in total. The van der Waals surface area contributed by atoms with E-state index in [9.17, 15) is 4.79 Å². The van der Waals surface area contributed by atoms with Crippen LogP contribution in [0.25, 0.3) is 10.9 Å². The van der Waals surface area contributed by atoms with Crippen LogP contribution in [0.4, 0.5) is 11.4 Å². The van der Waals surface area contributed by atoms with Gasteiger partial charge in [0.15, 0.2) is 0 Å². The summed E-state index contributed by atoms with van der Waals surface area (Å²) >= 11 is 11.8. The number of aromatic nitrogens is 1. The fraction of sp³-hybridized carbons (Fsp3) is 0. The number of carbonyl (C=O) groups excluding carboxylic acids is 1. The van der Waals surface area contributed by atoms with Crippen LogP contribution >= 0.6 is 23.2 Å². The van der Waals surface area contributed by atoms with Crippen LogP contribution in [0.2, 0.25) is 10.0 Å². The summed E-state index contributed by atoms with van der Waals surface area (Å²) in [7, 11) is 0. The van der Waals surface area contributed by atoms with Crippen molar-refractivity contribution in [3.63, 3.8) is 0 Å². The topological polar surface area (TPSA) is 70.9 Å². The molecule has 0 fully saturated rings. The number of rotatable bonds is 2. The van der Waals surface area contributed by atoms with Crippen molar-refractivity contribution in [3.05, 3.63) is 58.2 Å². The lowest BCUT2D eigenvalue weighted by atomic mass is 10.2. The highest BCUT2D eigenvalue weighted by Gasteiger charge is 2.12.